The first-order valence-corrected chi connectivity index (χ1v) is 18.9. The van der Waals surface area contributed by atoms with Gasteiger partial charge in [0, 0.05) is 43.7 Å². The van der Waals surface area contributed by atoms with Crippen molar-refractivity contribution in [1.29, 1.82) is 0 Å². The Morgan fingerprint density at radius 3 is 1.79 bits per heavy atom. The first kappa shape index (κ1) is 30.9. The van der Waals surface area contributed by atoms with Crippen LogP contribution in [0.4, 0.5) is 17.1 Å². The predicted molar refractivity (Wildman–Crippen MR) is 231 cm³/mol. The van der Waals surface area contributed by atoms with Crippen molar-refractivity contribution in [1.82, 2.24) is 0 Å². The van der Waals surface area contributed by atoms with E-state index in [1.54, 1.807) is 0 Å². The number of hydrogen-bond donors (Lipinski definition) is 0. The molecule has 0 radical (unpaired) electrons. The normalized spacial score (nSPS) is 11.9. The molecule has 0 fully saturated rings. The highest BCUT2D eigenvalue weighted by Gasteiger charge is 2.23. The molecule has 262 valence electrons. The zero-order valence-corrected chi connectivity index (χ0v) is 30.1. The SMILES string of the molecule is c1ccc(N(c2ccc(-c3cccc4c3oc3ccccc34)cc2)c2cccc3oc4ccccc4c23)c(-c2ccc3oc4cc5ccccc5cc4c3c2)c1. The summed E-state index contributed by atoms with van der Waals surface area (Å²) in [4.78, 5) is 2.37. The van der Waals surface area contributed by atoms with Crippen molar-refractivity contribution in [3.05, 3.63) is 188 Å². The van der Waals surface area contributed by atoms with Crippen LogP contribution in [-0.2, 0) is 0 Å². The number of furan rings is 3. The Bertz CT molecular complexity index is 3490. The van der Waals surface area contributed by atoms with E-state index in [0.29, 0.717) is 0 Å². The number of hydrogen-bond acceptors (Lipinski definition) is 4. The van der Waals surface area contributed by atoms with E-state index in [0.717, 1.165) is 105 Å². The maximum atomic E-state index is 6.44. The van der Waals surface area contributed by atoms with Gasteiger partial charge in [-0.3, -0.25) is 0 Å². The number of benzene rings is 9. The van der Waals surface area contributed by atoms with Crippen LogP contribution in [0, 0.1) is 0 Å². The highest BCUT2D eigenvalue weighted by atomic mass is 16.3. The van der Waals surface area contributed by atoms with Gasteiger partial charge < -0.3 is 18.2 Å². The zero-order chi connectivity index (χ0) is 36.7. The molecule has 12 aromatic rings. The summed E-state index contributed by atoms with van der Waals surface area (Å²) in [7, 11) is 0. The number of fused-ring (bicyclic) bond motifs is 10. The smallest absolute Gasteiger partial charge is 0.143 e. The Hall–Kier alpha value is -7.56. The van der Waals surface area contributed by atoms with E-state index >= 15 is 0 Å². The summed E-state index contributed by atoms with van der Waals surface area (Å²) in [6.07, 6.45) is 0. The van der Waals surface area contributed by atoms with Crippen LogP contribution >= 0.6 is 0 Å². The summed E-state index contributed by atoms with van der Waals surface area (Å²) in [5.41, 5.74) is 12.7. The first-order chi connectivity index (χ1) is 27.7. The van der Waals surface area contributed by atoms with Gasteiger partial charge in [0.1, 0.15) is 33.5 Å². The molecule has 4 heteroatoms. The number of nitrogens with zero attached hydrogens (tertiary/aromatic N) is 1. The maximum Gasteiger partial charge on any atom is 0.143 e. The first-order valence-electron chi connectivity index (χ1n) is 18.9. The van der Waals surface area contributed by atoms with Crippen LogP contribution in [0.2, 0.25) is 0 Å². The quantitative estimate of drug-likeness (QED) is 0.178. The molecule has 4 nitrogen and oxygen atoms in total. The van der Waals surface area contributed by atoms with Crippen molar-refractivity contribution in [2.24, 2.45) is 0 Å². The number of para-hydroxylation sites is 4. The van der Waals surface area contributed by atoms with Gasteiger partial charge >= 0.3 is 0 Å². The van der Waals surface area contributed by atoms with Gasteiger partial charge in [0.2, 0.25) is 0 Å². The molecule has 0 bridgehead atoms. The second kappa shape index (κ2) is 12.0. The van der Waals surface area contributed by atoms with Crippen molar-refractivity contribution in [2.75, 3.05) is 4.90 Å². The molecule has 12 rings (SSSR count). The average Bonchev–Trinajstić information content (AvgIpc) is 3.94. The third-order valence-corrected chi connectivity index (χ3v) is 11.3. The third-order valence-electron chi connectivity index (χ3n) is 11.3. The monoisotopic (exact) mass is 717 g/mol. The molecule has 0 aliphatic rings. The molecular formula is C52H31NO3. The molecule has 56 heavy (non-hydrogen) atoms. The van der Waals surface area contributed by atoms with Gasteiger partial charge in [-0.15, -0.1) is 0 Å². The molecule has 0 unspecified atom stereocenters. The molecule has 0 aliphatic heterocycles. The molecule has 0 spiro atoms. The van der Waals surface area contributed by atoms with E-state index in [9.17, 15) is 0 Å². The predicted octanol–water partition coefficient (Wildman–Crippen LogP) is 15.3. The van der Waals surface area contributed by atoms with E-state index in [4.69, 9.17) is 13.3 Å². The van der Waals surface area contributed by atoms with Crippen LogP contribution < -0.4 is 4.90 Å². The molecule has 0 saturated carbocycles. The zero-order valence-electron chi connectivity index (χ0n) is 30.1. The van der Waals surface area contributed by atoms with E-state index in [-0.39, 0.29) is 0 Å². The van der Waals surface area contributed by atoms with Gasteiger partial charge in [-0.25, -0.2) is 0 Å². The van der Waals surface area contributed by atoms with Gasteiger partial charge in [-0.05, 0) is 88.6 Å². The molecule has 3 aromatic heterocycles. The molecule has 0 N–H and O–H groups in total. The van der Waals surface area contributed by atoms with Gasteiger partial charge in [0.05, 0.1) is 16.8 Å². The lowest BCUT2D eigenvalue weighted by Gasteiger charge is -2.28. The fourth-order valence-electron chi connectivity index (χ4n) is 8.66. The summed E-state index contributed by atoms with van der Waals surface area (Å²) < 4.78 is 19.3. The third kappa shape index (κ3) is 4.66. The summed E-state index contributed by atoms with van der Waals surface area (Å²) >= 11 is 0. The van der Waals surface area contributed by atoms with Gasteiger partial charge in [0.15, 0.2) is 0 Å². The lowest BCUT2D eigenvalue weighted by molar-refractivity contribution is 0.668. The minimum absolute atomic E-state index is 0.845. The van der Waals surface area contributed by atoms with Gasteiger partial charge in [-0.2, -0.15) is 0 Å². The van der Waals surface area contributed by atoms with E-state index in [1.807, 2.05) is 24.3 Å². The topological polar surface area (TPSA) is 42.7 Å². The van der Waals surface area contributed by atoms with Crippen molar-refractivity contribution >= 4 is 93.7 Å². The Morgan fingerprint density at radius 1 is 0.321 bits per heavy atom. The molecule has 0 aliphatic carbocycles. The highest BCUT2D eigenvalue weighted by molar-refractivity contribution is 6.15. The van der Waals surface area contributed by atoms with Crippen molar-refractivity contribution in [3.63, 3.8) is 0 Å². The Kier molecular flexibility index (Phi) is 6.60. The van der Waals surface area contributed by atoms with Crippen LogP contribution in [0.5, 0.6) is 0 Å². The minimum atomic E-state index is 0.845. The van der Waals surface area contributed by atoms with Crippen LogP contribution in [0.1, 0.15) is 0 Å². The summed E-state index contributed by atoms with van der Waals surface area (Å²) in [5, 5.41) is 8.95. The highest BCUT2D eigenvalue weighted by Crippen LogP contribution is 2.47. The molecule has 0 atom stereocenters. The molecule has 0 saturated heterocycles. The number of rotatable bonds is 5. The van der Waals surface area contributed by atoms with Crippen molar-refractivity contribution in [2.45, 2.75) is 0 Å². The lowest BCUT2D eigenvalue weighted by Crippen LogP contribution is -2.11. The van der Waals surface area contributed by atoms with Gasteiger partial charge in [-0.1, -0.05) is 121 Å². The van der Waals surface area contributed by atoms with Gasteiger partial charge in [0.25, 0.3) is 0 Å². The summed E-state index contributed by atoms with van der Waals surface area (Å²) in [6, 6.07) is 66.2. The second-order valence-corrected chi connectivity index (χ2v) is 14.4. The Labute approximate surface area is 321 Å². The summed E-state index contributed by atoms with van der Waals surface area (Å²) in [5.74, 6) is 0. The number of anilines is 3. The Balaban J connectivity index is 1.06. The summed E-state index contributed by atoms with van der Waals surface area (Å²) in [6.45, 7) is 0. The second-order valence-electron chi connectivity index (χ2n) is 14.4. The standard InChI is InChI=1S/C52H31NO3/c1-2-12-34-31-50-43(29-33(34)11-1)42-30-35(25-28-48(42)55-50)37-13-3-6-18-44(37)53(45-19-10-22-49-51(45)41-15-5-8-21-47(41)54-49)36-26-23-32(24-27-36)38-16-9-17-40-39-14-4-7-20-46(39)56-52(38)40/h1-31H. The fourth-order valence-corrected chi connectivity index (χ4v) is 8.66. The maximum absolute atomic E-state index is 6.44. The largest absolute Gasteiger partial charge is 0.456 e. The fraction of sp³-hybridized carbons (Fsp3) is 0. The van der Waals surface area contributed by atoms with Crippen LogP contribution in [0.3, 0.4) is 0 Å². The van der Waals surface area contributed by atoms with E-state index in [2.05, 4.69) is 169 Å². The molecule has 9 aromatic carbocycles. The molecular weight excluding hydrogens is 687 g/mol. The van der Waals surface area contributed by atoms with E-state index < -0.39 is 0 Å². The van der Waals surface area contributed by atoms with Crippen LogP contribution in [-0.4, -0.2) is 0 Å². The lowest BCUT2D eigenvalue weighted by atomic mass is 9.98. The van der Waals surface area contributed by atoms with Crippen molar-refractivity contribution < 1.29 is 13.3 Å². The molecule has 3 heterocycles. The average molecular weight is 718 g/mol. The Morgan fingerprint density at radius 2 is 0.911 bits per heavy atom. The van der Waals surface area contributed by atoms with E-state index in [1.165, 1.54) is 10.8 Å². The molecule has 0 amide bonds. The minimum Gasteiger partial charge on any atom is -0.456 e. The van der Waals surface area contributed by atoms with Crippen LogP contribution in [0.15, 0.2) is 201 Å². The van der Waals surface area contributed by atoms with Crippen molar-refractivity contribution in [3.8, 4) is 22.3 Å². The van der Waals surface area contributed by atoms with Crippen LogP contribution in [0.25, 0.3) is 98.8 Å².